The second-order valence-corrected chi connectivity index (χ2v) is 8.15. The van der Waals surface area contributed by atoms with E-state index in [-0.39, 0.29) is 5.78 Å². The van der Waals surface area contributed by atoms with Gasteiger partial charge in [0, 0.05) is 32.4 Å². The van der Waals surface area contributed by atoms with Crippen LogP contribution in [0, 0.1) is 0 Å². The number of carbonyl (C=O) groups is 1. The summed E-state index contributed by atoms with van der Waals surface area (Å²) >= 11 is 9.63. The molecule has 0 bridgehead atoms. The number of fused-ring (bicyclic) bond motifs is 1. The smallest absolute Gasteiger partial charge is 0.177 e. The first kappa shape index (κ1) is 13.6. The summed E-state index contributed by atoms with van der Waals surface area (Å²) in [4.78, 5) is 21.5. The summed E-state index contributed by atoms with van der Waals surface area (Å²) in [6, 6.07) is 9.00. The van der Waals surface area contributed by atoms with Crippen molar-refractivity contribution >= 4 is 40.9 Å². The normalized spacial score (nSPS) is 30.0. The van der Waals surface area contributed by atoms with Crippen LogP contribution in [0.4, 0.5) is 0 Å². The largest absolute Gasteiger partial charge is 0.293 e. The third-order valence-corrected chi connectivity index (χ3v) is 7.57. The molecule has 2 aromatic rings. The van der Waals surface area contributed by atoms with Crippen molar-refractivity contribution in [3.8, 4) is 0 Å². The molecule has 1 aromatic carbocycles. The van der Waals surface area contributed by atoms with E-state index >= 15 is 0 Å². The van der Waals surface area contributed by atoms with Crippen molar-refractivity contribution in [3.05, 3.63) is 59.1 Å². The number of halogens is 1. The standard InChI is InChI=1S/C15H11ClN2OS2/c16-10-3-1-9(2-4-10)12(19)15(11-5-6-17-7-18-11)13-14(15)21-8-20-13/h1-7,13-14H,8H2. The molecule has 2 heterocycles. The predicted octanol–water partition coefficient (Wildman–Crippen LogP) is 3.44. The number of hydrogen-bond acceptors (Lipinski definition) is 5. The molecular formula is C15H11ClN2OS2. The number of aromatic nitrogens is 2. The zero-order chi connectivity index (χ0) is 14.4. The average molecular weight is 335 g/mol. The molecule has 0 radical (unpaired) electrons. The summed E-state index contributed by atoms with van der Waals surface area (Å²) in [5.41, 5.74) is 1.05. The Hall–Kier alpha value is -1.04. The van der Waals surface area contributed by atoms with Gasteiger partial charge in [0.25, 0.3) is 0 Å². The van der Waals surface area contributed by atoms with Gasteiger partial charge in [0.1, 0.15) is 11.7 Å². The van der Waals surface area contributed by atoms with Crippen LogP contribution >= 0.6 is 35.1 Å². The third kappa shape index (κ3) is 1.94. The molecule has 4 rings (SSSR count). The van der Waals surface area contributed by atoms with Crippen molar-refractivity contribution in [1.29, 1.82) is 0 Å². The van der Waals surface area contributed by atoms with Crippen LogP contribution in [0.15, 0.2) is 42.9 Å². The van der Waals surface area contributed by atoms with Gasteiger partial charge in [-0.2, -0.15) is 0 Å². The van der Waals surface area contributed by atoms with Gasteiger partial charge in [-0.15, -0.1) is 23.5 Å². The lowest BCUT2D eigenvalue weighted by Gasteiger charge is -2.18. The van der Waals surface area contributed by atoms with Gasteiger partial charge in [-0.25, -0.2) is 9.97 Å². The molecule has 0 N–H and O–H groups in total. The quantitative estimate of drug-likeness (QED) is 0.804. The van der Waals surface area contributed by atoms with E-state index in [9.17, 15) is 4.79 Å². The molecule has 6 heteroatoms. The summed E-state index contributed by atoms with van der Waals surface area (Å²) in [7, 11) is 0. The lowest BCUT2D eigenvalue weighted by Crippen LogP contribution is -2.28. The molecule has 1 aliphatic carbocycles. The number of benzene rings is 1. The van der Waals surface area contributed by atoms with E-state index in [1.807, 2.05) is 29.6 Å². The fourth-order valence-electron chi connectivity index (χ4n) is 2.99. The molecule has 1 aliphatic heterocycles. The Bertz CT molecular complexity index is 683. The van der Waals surface area contributed by atoms with Gasteiger partial charge >= 0.3 is 0 Å². The SMILES string of the molecule is O=C(c1ccc(Cl)cc1)C1(c2ccncn2)C2SCSC21. The van der Waals surface area contributed by atoms with Crippen molar-refractivity contribution in [2.45, 2.75) is 15.9 Å². The minimum atomic E-state index is -0.496. The second kappa shape index (κ2) is 5.00. The number of thioether (sulfide) groups is 2. The lowest BCUT2D eigenvalue weighted by atomic mass is 9.91. The average Bonchev–Trinajstić information content (AvgIpc) is 2.90. The summed E-state index contributed by atoms with van der Waals surface area (Å²) in [5, 5.41) is 2.33. The monoisotopic (exact) mass is 334 g/mol. The summed E-state index contributed by atoms with van der Waals surface area (Å²) < 4.78 is 0. The van der Waals surface area contributed by atoms with Crippen molar-refractivity contribution in [1.82, 2.24) is 9.97 Å². The first-order valence-corrected chi connectivity index (χ1v) is 9.02. The highest BCUT2D eigenvalue weighted by atomic mass is 35.5. The summed E-state index contributed by atoms with van der Waals surface area (Å²) in [5.74, 6) is 0.146. The number of carbonyl (C=O) groups excluding carboxylic acids is 1. The number of nitrogens with zero attached hydrogens (tertiary/aromatic N) is 2. The molecule has 1 saturated heterocycles. The van der Waals surface area contributed by atoms with Crippen LogP contribution in [0.5, 0.6) is 0 Å². The van der Waals surface area contributed by atoms with Crippen LogP contribution in [-0.4, -0.2) is 31.3 Å². The maximum atomic E-state index is 13.1. The molecule has 3 nitrogen and oxygen atoms in total. The Kier molecular flexibility index (Phi) is 3.24. The molecular weight excluding hydrogens is 324 g/mol. The Balaban J connectivity index is 1.78. The van der Waals surface area contributed by atoms with Gasteiger partial charge in [0.05, 0.1) is 5.69 Å². The van der Waals surface area contributed by atoms with Crippen LogP contribution < -0.4 is 0 Å². The maximum absolute atomic E-state index is 13.1. The topological polar surface area (TPSA) is 42.9 Å². The fourth-order valence-corrected chi connectivity index (χ4v) is 7.06. The van der Waals surface area contributed by atoms with E-state index in [1.54, 1.807) is 30.5 Å². The third-order valence-electron chi connectivity index (χ3n) is 4.05. The second-order valence-electron chi connectivity index (χ2n) is 5.09. The molecule has 0 spiro atoms. The van der Waals surface area contributed by atoms with Gasteiger partial charge in [-0.1, -0.05) is 11.6 Å². The van der Waals surface area contributed by atoms with Crippen LogP contribution in [0.25, 0.3) is 0 Å². The zero-order valence-electron chi connectivity index (χ0n) is 10.9. The number of Topliss-reactive ketones (excluding diaryl/α,β-unsaturated/α-hetero) is 1. The van der Waals surface area contributed by atoms with Gasteiger partial charge < -0.3 is 0 Å². The van der Waals surface area contributed by atoms with Crippen molar-refractivity contribution in [2.75, 3.05) is 5.08 Å². The summed E-state index contributed by atoms with van der Waals surface area (Å²) in [6.07, 6.45) is 3.23. The number of ketones is 1. The van der Waals surface area contributed by atoms with Gasteiger partial charge in [-0.3, -0.25) is 4.79 Å². The first-order chi connectivity index (χ1) is 10.2. The molecule has 1 aromatic heterocycles. The number of rotatable bonds is 3. The Labute approximate surface area is 135 Å². The van der Waals surface area contributed by atoms with E-state index in [0.29, 0.717) is 21.1 Å². The molecule has 2 unspecified atom stereocenters. The molecule has 2 aliphatic rings. The van der Waals surface area contributed by atoms with Crippen molar-refractivity contribution < 1.29 is 4.79 Å². The minimum absolute atomic E-state index is 0.146. The van der Waals surface area contributed by atoms with Crippen LogP contribution in [0.3, 0.4) is 0 Å². The van der Waals surface area contributed by atoms with E-state index in [4.69, 9.17) is 11.6 Å². The Morgan fingerprint density at radius 1 is 1.19 bits per heavy atom. The van der Waals surface area contributed by atoms with Crippen LogP contribution in [-0.2, 0) is 5.41 Å². The van der Waals surface area contributed by atoms with Gasteiger partial charge in [-0.05, 0) is 30.3 Å². The number of hydrogen-bond donors (Lipinski definition) is 0. The van der Waals surface area contributed by atoms with Crippen molar-refractivity contribution in [3.63, 3.8) is 0 Å². The van der Waals surface area contributed by atoms with E-state index in [1.165, 1.54) is 6.33 Å². The molecule has 2 atom stereocenters. The molecule has 0 amide bonds. The van der Waals surface area contributed by atoms with E-state index in [2.05, 4.69) is 9.97 Å². The maximum Gasteiger partial charge on any atom is 0.177 e. The van der Waals surface area contributed by atoms with Gasteiger partial charge in [0.2, 0.25) is 0 Å². The lowest BCUT2D eigenvalue weighted by molar-refractivity contribution is 0.0946. The zero-order valence-corrected chi connectivity index (χ0v) is 13.3. The van der Waals surface area contributed by atoms with Crippen LogP contribution in [0.1, 0.15) is 16.1 Å². The molecule has 1 saturated carbocycles. The molecule has 2 fully saturated rings. The molecule has 106 valence electrons. The van der Waals surface area contributed by atoms with Crippen molar-refractivity contribution in [2.24, 2.45) is 0 Å². The van der Waals surface area contributed by atoms with Crippen LogP contribution in [0.2, 0.25) is 5.02 Å². The Morgan fingerprint density at radius 3 is 2.52 bits per heavy atom. The minimum Gasteiger partial charge on any atom is -0.293 e. The summed E-state index contributed by atoms with van der Waals surface area (Å²) in [6.45, 7) is 0. The highest BCUT2D eigenvalue weighted by Crippen LogP contribution is 2.67. The van der Waals surface area contributed by atoms with E-state index < -0.39 is 5.41 Å². The predicted molar refractivity (Wildman–Crippen MR) is 87.1 cm³/mol. The Morgan fingerprint density at radius 2 is 1.90 bits per heavy atom. The highest BCUT2D eigenvalue weighted by molar-refractivity contribution is 8.21. The van der Waals surface area contributed by atoms with E-state index in [0.717, 1.165) is 10.8 Å². The first-order valence-electron chi connectivity index (χ1n) is 6.54. The fraction of sp³-hybridized carbons (Fsp3) is 0.267. The van der Waals surface area contributed by atoms with Gasteiger partial charge in [0.15, 0.2) is 5.78 Å². The highest BCUT2D eigenvalue weighted by Gasteiger charge is 2.73. The molecule has 21 heavy (non-hydrogen) atoms.